The molecule has 3 aromatic rings. The van der Waals surface area contributed by atoms with Crippen molar-refractivity contribution in [2.75, 3.05) is 0 Å². The first-order valence-corrected chi connectivity index (χ1v) is 6.93. The summed E-state index contributed by atoms with van der Waals surface area (Å²) in [6, 6.07) is 5.92. The maximum absolute atomic E-state index is 14.1. The highest BCUT2D eigenvalue weighted by atomic mass is 35.5. The number of aromatic nitrogens is 3. The van der Waals surface area contributed by atoms with Crippen molar-refractivity contribution in [1.29, 1.82) is 0 Å². The Bertz CT molecular complexity index is 801. The SMILES string of the molecule is Fc1ccc(Cl)cc1-n1c(CCl)nc2cc(Cl)cnc21. The molecule has 0 saturated carbocycles. The largest absolute Gasteiger partial charge is 0.277 e. The molecule has 0 atom stereocenters. The topological polar surface area (TPSA) is 30.7 Å². The first kappa shape index (κ1) is 13.6. The highest BCUT2D eigenvalue weighted by molar-refractivity contribution is 6.31. The highest BCUT2D eigenvalue weighted by Crippen LogP contribution is 2.26. The van der Waals surface area contributed by atoms with Crippen molar-refractivity contribution in [3.63, 3.8) is 0 Å². The summed E-state index contributed by atoms with van der Waals surface area (Å²) in [7, 11) is 0. The number of hydrogen-bond donors (Lipinski definition) is 0. The Kier molecular flexibility index (Phi) is 3.54. The summed E-state index contributed by atoms with van der Waals surface area (Å²) in [6.45, 7) is 0. The van der Waals surface area contributed by atoms with E-state index in [4.69, 9.17) is 34.8 Å². The maximum atomic E-state index is 14.1. The molecule has 2 heterocycles. The van der Waals surface area contributed by atoms with E-state index in [1.165, 1.54) is 24.4 Å². The smallest absolute Gasteiger partial charge is 0.164 e. The molecule has 0 unspecified atom stereocenters. The van der Waals surface area contributed by atoms with Crippen LogP contribution in [0.4, 0.5) is 4.39 Å². The molecule has 2 aromatic heterocycles. The van der Waals surface area contributed by atoms with E-state index in [1.54, 1.807) is 10.6 Å². The van der Waals surface area contributed by atoms with Crippen LogP contribution in [0.1, 0.15) is 5.82 Å². The van der Waals surface area contributed by atoms with Gasteiger partial charge in [0.1, 0.15) is 17.2 Å². The van der Waals surface area contributed by atoms with Crippen LogP contribution in [0.15, 0.2) is 30.5 Å². The van der Waals surface area contributed by atoms with E-state index in [9.17, 15) is 4.39 Å². The molecule has 0 aliphatic carbocycles. The van der Waals surface area contributed by atoms with Crippen LogP contribution in [-0.4, -0.2) is 14.5 Å². The molecular weight excluding hydrogens is 324 g/mol. The monoisotopic (exact) mass is 329 g/mol. The zero-order valence-electron chi connectivity index (χ0n) is 9.95. The average molecular weight is 331 g/mol. The van der Waals surface area contributed by atoms with Crippen molar-refractivity contribution in [3.05, 3.63) is 52.1 Å². The van der Waals surface area contributed by atoms with Crippen molar-refractivity contribution >= 4 is 46.0 Å². The van der Waals surface area contributed by atoms with Gasteiger partial charge in [0.2, 0.25) is 0 Å². The zero-order chi connectivity index (χ0) is 14.3. The molecule has 0 aliphatic heterocycles. The van der Waals surface area contributed by atoms with Crippen LogP contribution in [0.3, 0.4) is 0 Å². The van der Waals surface area contributed by atoms with E-state index in [0.29, 0.717) is 27.0 Å². The number of hydrogen-bond acceptors (Lipinski definition) is 2. The zero-order valence-corrected chi connectivity index (χ0v) is 12.2. The van der Waals surface area contributed by atoms with Gasteiger partial charge in [0, 0.05) is 11.2 Å². The van der Waals surface area contributed by atoms with Gasteiger partial charge in [0.25, 0.3) is 0 Å². The average Bonchev–Trinajstić information content (AvgIpc) is 2.78. The summed E-state index contributed by atoms with van der Waals surface area (Å²) in [5.74, 6) is 0.148. The molecule has 7 heteroatoms. The molecule has 0 fully saturated rings. The molecular formula is C13H7Cl3FN3. The molecule has 0 N–H and O–H groups in total. The lowest BCUT2D eigenvalue weighted by molar-refractivity contribution is 0.617. The molecule has 3 nitrogen and oxygen atoms in total. The van der Waals surface area contributed by atoms with E-state index < -0.39 is 5.82 Å². The van der Waals surface area contributed by atoms with E-state index in [1.807, 2.05) is 0 Å². The second kappa shape index (κ2) is 5.20. The second-order valence-corrected chi connectivity index (χ2v) is 5.23. The molecule has 1 aromatic carbocycles. The number of nitrogens with zero attached hydrogens (tertiary/aromatic N) is 3. The predicted molar refractivity (Wildman–Crippen MR) is 78.4 cm³/mol. The van der Waals surface area contributed by atoms with E-state index in [0.717, 1.165) is 0 Å². The van der Waals surface area contributed by atoms with Crippen molar-refractivity contribution in [2.24, 2.45) is 0 Å². The summed E-state index contributed by atoms with van der Waals surface area (Å²) in [4.78, 5) is 8.51. The van der Waals surface area contributed by atoms with Crippen LogP contribution in [0.25, 0.3) is 16.9 Å². The molecule has 0 amide bonds. The van der Waals surface area contributed by atoms with Gasteiger partial charge in [-0.15, -0.1) is 11.6 Å². The van der Waals surface area contributed by atoms with E-state index in [2.05, 4.69) is 9.97 Å². The van der Waals surface area contributed by atoms with E-state index in [-0.39, 0.29) is 11.6 Å². The fourth-order valence-electron chi connectivity index (χ4n) is 1.99. The van der Waals surface area contributed by atoms with Gasteiger partial charge in [-0.1, -0.05) is 23.2 Å². The summed E-state index contributed by atoms with van der Waals surface area (Å²) in [6.07, 6.45) is 1.47. The Balaban J connectivity index is 2.37. The molecule has 0 spiro atoms. The Labute approximate surface area is 128 Å². The van der Waals surface area contributed by atoms with Gasteiger partial charge < -0.3 is 0 Å². The van der Waals surface area contributed by atoms with Crippen LogP contribution >= 0.6 is 34.8 Å². The van der Waals surface area contributed by atoms with Gasteiger partial charge in [-0.2, -0.15) is 0 Å². The first-order valence-electron chi connectivity index (χ1n) is 5.64. The lowest BCUT2D eigenvalue weighted by atomic mass is 10.3. The third-order valence-electron chi connectivity index (χ3n) is 2.80. The Morgan fingerprint density at radius 3 is 2.70 bits per heavy atom. The lowest BCUT2D eigenvalue weighted by Gasteiger charge is -2.08. The quantitative estimate of drug-likeness (QED) is 0.643. The molecule has 0 aliphatic rings. The summed E-state index contributed by atoms with van der Waals surface area (Å²) in [5, 5.41) is 0.868. The minimum absolute atomic E-state index is 0.111. The standard InChI is InChI=1S/C13H7Cl3FN3/c14-5-12-19-10-3-8(16)6-18-13(10)20(12)11-4-7(15)1-2-9(11)17/h1-4,6H,5H2. The van der Waals surface area contributed by atoms with Gasteiger partial charge in [-0.3, -0.25) is 4.57 Å². The molecule has 0 radical (unpaired) electrons. The number of rotatable bonds is 2. The van der Waals surface area contributed by atoms with Crippen LogP contribution in [0.5, 0.6) is 0 Å². The van der Waals surface area contributed by atoms with Gasteiger partial charge in [-0.05, 0) is 24.3 Å². The molecule has 0 saturated heterocycles. The predicted octanol–water partition coefficient (Wildman–Crippen LogP) is 4.61. The molecule has 0 bridgehead atoms. The summed E-state index contributed by atoms with van der Waals surface area (Å²) >= 11 is 17.7. The Morgan fingerprint density at radius 2 is 1.95 bits per heavy atom. The van der Waals surface area contributed by atoms with Crippen molar-refractivity contribution in [3.8, 4) is 5.69 Å². The Morgan fingerprint density at radius 1 is 1.15 bits per heavy atom. The minimum atomic E-state index is -0.434. The lowest BCUT2D eigenvalue weighted by Crippen LogP contribution is -2.03. The van der Waals surface area contributed by atoms with Crippen molar-refractivity contribution in [2.45, 2.75) is 5.88 Å². The molecule has 102 valence electrons. The third-order valence-corrected chi connectivity index (χ3v) is 3.48. The normalized spacial score (nSPS) is 11.2. The van der Waals surface area contributed by atoms with Crippen molar-refractivity contribution < 1.29 is 4.39 Å². The second-order valence-electron chi connectivity index (χ2n) is 4.09. The fraction of sp³-hybridized carbons (Fsp3) is 0.0769. The summed E-state index contributed by atoms with van der Waals surface area (Å²) in [5.41, 5.74) is 1.28. The molecule has 3 rings (SSSR count). The van der Waals surface area contributed by atoms with E-state index >= 15 is 0 Å². The molecule has 20 heavy (non-hydrogen) atoms. The third kappa shape index (κ3) is 2.24. The van der Waals surface area contributed by atoms with Crippen LogP contribution < -0.4 is 0 Å². The van der Waals surface area contributed by atoms with Gasteiger partial charge in [0.05, 0.1) is 16.6 Å². The van der Waals surface area contributed by atoms with Crippen LogP contribution in [0, 0.1) is 5.82 Å². The fourth-order valence-corrected chi connectivity index (χ4v) is 2.48. The Hall–Kier alpha value is -1.36. The maximum Gasteiger partial charge on any atom is 0.164 e. The number of alkyl halides is 1. The van der Waals surface area contributed by atoms with Gasteiger partial charge in [0.15, 0.2) is 5.65 Å². The number of imidazole rings is 1. The number of pyridine rings is 1. The first-order chi connectivity index (χ1) is 9.60. The number of fused-ring (bicyclic) bond motifs is 1. The van der Waals surface area contributed by atoms with Gasteiger partial charge >= 0.3 is 0 Å². The van der Waals surface area contributed by atoms with Crippen molar-refractivity contribution in [1.82, 2.24) is 14.5 Å². The van der Waals surface area contributed by atoms with Crippen LogP contribution in [0.2, 0.25) is 10.0 Å². The number of benzene rings is 1. The van der Waals surface area contributed by atoms with Crippen LogP contribution in [-0.2, 0) is 5.88 Å². The highest BCUT2D eigenvalue weighted by Gasteiger charge is 2.16. The number of halogens is 4. The van der Waals surface area contributed by atoms with Gasteiger partial charge in [-0.25, -0.2) is 14.4 Å². The summed E-state index contributed by atoms with van der Waals surface area (Å²) < 4.78 is 15.6. The minimum Gasteiger partial charge on any atom is -0.277 e.